The first-order chi connectivity index (χ1) is 9.87. The first-order valence-electron chi connectivity index (χ1n) is 7.45. The highest BCUT2D eigenvalue weighted by molar-refractivity contribution is 9.10. The smallest absolute Gasteiger partial charge is 0.243 e. The third-order valence-electron chi connectivity index (χ3n) is 4.08. The number of hydrogen-bond acceptors (Lipinski definition) is 3. The van der Waals surface area contributed by atoms with Gasteiger partial charge in [0, 0.05) is 22.7 Å². The second-order valence-electron chi connectivity index (χ2n) is 5.69. The lowest BCUT2D eigenvalue weighted by molar-refractivity contribution is 0.239. The van der Waals surface area contributed by atoms with E-state index in [0.29, 0.717) is 17.1 Å². The summed E-state index contributed by atoms with van der Waals surface area (Å²) in [4.78, 5) is 0.339. The maximum atomic E-state index is 13.0. The molecular formula is C15H23BrN2O2S. The van der Waals surface area contributed by atoms with E-state index in [2.05, 4.69) is 22.9 Å². The van der Waals surface area contributed by atoms with E-state index in [4.69, 9.17) is 5.73 Å². The molecule has 0 radical (unpaired) electrons. The van der Waals surface area contributed by atoms with E-state index in [1.54, 1.807) is 16.4 Å². The average molecular weight is 375 g/mol. The Bertz CT molecular complexity index is 614. The van der Waals surface area contributed by atoms with E-state index in [-0.39, 0.29) is 6.04 Å². The molecule has 1 aliphatic rings. The minimum Gasteiger partial charge on any atom is -0.398 e. The monoisotopic (exact) mass is 374 g/mol. The van der Waals surface area contributed by atoms with Crippen molar-refractivity contribution in [3.05, 3.63) is 22.2 Å². The van der Waals surface area contributed by atoms with Crippen LogP contribution in [-0.4, -0.2) is 25.3 Å². The molecule has 0 aromatic heterocycles. The van der Waals surface area contributed by atoms with Crippen molar-refractivity contribution in [1.82, 2.24) is 4.31 Å². The number of nitrogen functional groups attached to an aromatic ring is 1. The molecule has 0 bridgehead atoms. The van der Waals surface area contributed by atoms with Crippen molar-refractivity contribution >= 4 is 31.6 Å². The summed E-state index contributed by atoms with van der Waals surface area (Å²) >= 11 is 3.35. The van der Waals surface area contributed by atoms with Crippen molar-refractivity contribution in [2.45, 2.75) is 56.9 Å². The number of nitrogens with two attached hydrogens (primary N) is 1. The van der Waals surface area contributed by atoms with Crippen LogP contribution in [0.15, 0.2) is 21.5 Å². The largest absolute Gasteiger partial charge is 0.398 e. The summed E-state index contributed by atoms with van der Waals surface area (Å²) in [5.41, 5.74) is 7.07. The molecule has 0 amide bonds. The fraction of sp³-hybridized carbons (Fsp3) is 0.600. The maximum absolute atomic E-state index is 13.0. The SMILES string of the molecule is CCCC1CCCCN1S(=O)(=O)c1cc(N)c(Br)cc1C. The molecule has 0 aliphatic carbocycles. The fourth-order valence-corrected chi connectivity index (χ4v) is 5.41. The third-order valence-corrected chi connectivity index (χ3v) is 6.86. The summed E-state index contributed by atoms with van der Waals surface area (Å²) in [5, 5.41) is 0. The van der Waals surface area contributed by atoms with Gasteiger partial charge < -0.3 is 5.73 Å². The molecular weight excluding hydrogens is 352 g/mol. The van der Waals surface area contributed by atoms with Crippen molar-refractivity contribution in [2.75, 3.05) is 12.3 Å². The lowest BCUT2D eigenvalue weighted by atomic mass is 10.0. The first kappa shape index (κ1) is 16.8. The van der Waals surface area contributed by atoms with Crippen LogP contribution in [-0.2, 0) is 10.0 Å². The maximum Gasteiger partial charge on any atom is 0.243 e. The Labute approximate surface area is 135 Å². The van der Waals surface area contributed by atoms with Gasteiger partial charge in [-0.2, -0.15) is 4.31 Å². The molecule has 1 heterocycles. The number of benzene rings is 1. The molecule has 1 aliphatic heterocycles. The van der Waals surface area contributed by atoms with E-state index in [9.17, 15) is 8.42 Å². The molecule has 1 fully saturated rings. The second kappa shape index (κ2) is 6.67. The molecule has 118 valence electrons. The van der Waals surface area contributed by atoms with Gasteiger partial charge >= 0.3 is 0 Å². The number of halogens is 1. The molecule has 0 spiro atoms. The lowest BCUT2D eigenvalue weighted by Crippen LogP contribution is -2.43. The zero-order chi connectivity index (χ0) is 15.6. The Morgan fingerprint density at radius 1 is 1.38 bits per heavy atom. The van der Waals surface area contributed by atoms with Crippen LogP contribution in [0.25, 0.3) is 0 Å². The molecule has 1 aromatic carbocycles. The third kappa shape index (κ3) is 3.43. The van der Waals surface area contributed by atoms with Gasteiger partial charge in [0.15, 0.2) is 0 Å². The molecule has 4 nitrogen and oxygen atoms in total. The number of anilines is 1. The van der Waals surface area contributed by atoms with Crippen LogP contribution >= 0.6 is 15.9 Å². The van der Waals surface area contributed by atoms with Crippen molar-refractivity contribution in [1.29, 1.82) is 0 Å². The number of hydrogen-bond donors (Lipinski definition) is 1. The predicted octanol–water partition coefficient (Wildman–Crippen LogP) is 3.68. The van der Waals surface area contributed by atoms with E-state index in [0.717, 1.165) is 42.1 Å². The highest BCUT2D eigenvalue weighted by Crippen LogP contribution is 2.32. The molecule has 6 heteroatoms. The van der Waals surface area contributed by atoms with Gasteiger partial charge in [-0.1, -0.05) is 19.8 Å². The summed E-state index contributed by atoms with van der Waals surface area (Å²) < 4.78 is 28.5. The predicted molar refractivity (Wildman–Crippen MR) is 89.7 cm³/mol. The van der Waals surface area contributed by atoms with Crippen molar-refractivity contribution in [3.63, 3.8) is 0 Å². The van der Waals surface area contributed by atoms with Gasteiger partial charge in [0.2, 0.25) is 10.0 Å². The quantitative estimate of drug-likeness (QED) is 0.817. The number of sulfonamides is 1. The van der Waals surface area contributed by atoms with E-state index >= 15 is 0 Å². The van der Waals surface area contributed by atoms with Crippen molar-refractivity contribution in [2.24, 2.45) is 0 Å². The minimum atomic E-state index is -3.47. The summed E-state index contributed by atoms with van der Waals surface area (Å²) in [6.45, 7) is 4.53. The number of rotatable bonds is 4. The van der Waals surface area contributed by atoms with Crippen LogP contribution < -0.4 is 5.73 Å². The Morgan fingerprint density at radius 3 is 2.76 bits per heavy atom. The normalized spacial score (nSPS) is 20.6. The van der Waals surface area contributed by atoms with Crippen LogP contribution in [0.4, 0.5) is 5.69 Å². The van der Waals surface area contributed by atoms with Crippen molar-refractivity contribution < 1.29 is 8.42 Å². The second-order valence-corrected chi connectivity index (χ2v) is 8.41. The van der Waals surface area contributed by atoms with Crippen LogP contribution in [0.5, 0.6) is 0 Å². The molecule has 21 heavy (non-hydrogen) atoms. The van der Waals surface area contributed by atoms with Gasteiger partial charge in [-0.15, -0.1) is 0 Å². The van der Waals surface area contributed by atoms with E-state index in [1.165, 1.54) is 0 Å². The zero-order valence-electron chi connectivity index (χ0n) is 12.6. The highest BCUT2D eigenvalue weighted by atomic mass is 79.9. The Morgan fingerprint density at radius 2 is 2.10 bits per heavy atom. The van der Waals surface area contributed by atoms with E-state index in [1.807, 2.05) is 6.92 Å². The lowest BCUT2D eigenvalue weighted by Gasteiger charge is -2.35. The molecule has 1 saturated heterocycles. The molecule has 1 unspecified atom stereocenters. The van der Waals surface area contributed by atoms with Crippen LogP contribution in [0.3, 0.4) is 0 Å². The van der Waals surface area contributed by atoms with Gasteiger partial charge in [-0.25, -0.2) is 8.42 Å². The van der Waals surface area contributed by atoms with Gasteiger partial charge in [0.1, 0.15) is 0 Å². The Balaban J connectivity index is 2.43. The number of aryl methyl sites for hydroxylation is 1. The Hall–Kier alpha value is -0.590. The minimum absolute atomic E-state index is 0.123. The molecule has 2 rings (SSSR count). The standard InChI is InChI=1S/C15H23BrN2O2S/c1-3-6-12-7-4-5-8-18(12)21(19,20)15-10-14(17)13(16)9-11(15)2/h9-10,12H,3-8,17H2,1-2H3. The number of nitrogens with zero attached hydrogens (tertiary/aromatic N) is 1. The molecule has 2 N–H and O–H groups in total. The zero-order valence-corrected chi connectivity index (χ0v) is 15.0. The molecule has 0 saturated carbocycles. The molecule has 1 atom stereocenters. The van der Waals surface area contributed by atoms with Crippen molar-refractivity contribution in [3.8, 4) is 0 Å². The van der Waals surface area contributed by atoms with Gasteiger partial charge in [-0.05, 0) is 59.8 Å². The first-order valence-corrected chi connectivity index (χ1v) is 9.68. The topological polar surface area (TPSA) is 63.4 Å². The fourth-order valence-electron chi connectivity index (χ4n) is 2.98. The Kier molecular flexibility index (Phi) is 5.33. The number of piperidine rings is 1. The van der Waals surface area contributed by atoms with E-state index < -0.39 is 10.0 Å². The average Bonchev–Trinajstić information content (AvgIpc) is 2.43. The highest BCUT2D eigenvalue weighted by Gasteiger charge is 2.34. The summed E-state index contributed by atoms with van der Waals surface area (Å²) in [7, 11) is -3.47. The summed E-state index contributed by atoms with van der Waals surface area (Å²) in [6.07, 6.45) is 4.92. The van der Waals surface area contributed by atoms with Gasteiger partial charge in [-0.3, -0.25) is 0 Å². The summed E-state index contributed by atoms with van der Waals surface area (Å²) in [6, 6.07) is 3.48. The molecule has 1 aromatic rings. The van der Waals surface area contributed by atoms with Gasteiger partial charge in [0.25, 0.3) is 0 Å². The van der Waals surface area contributed by atoms with Crippen LogP contribution in [0.1, 0.15) is 44.6 Å². The summed E-state index contributed by atoms with van der Waals surface area (Å²) in [5.74, 6) is 0. The van der Waals surface area contributed by atoms with Gasteiger partial charge in [0.05, 0.1) is 4.90 Å². The van der Waals surface area contributed by atoms with Crippen LogP contribution in [0.2, 0.25) is 0 Å². The van der Waals surface area contributed by atoms with Crippen LogP contribution in [0, 0.1) is 6.92 Å².